The Kier molecular flexibility index (Phi) is 11.1. The van der Waals surface area contributed by atoms with E-state index in [0.29, 0.717) is 0 Å². The van der Waals surface area contributed by atoms with Crippen LogP contribution in [0.4, 0.5) is 0 Å². The van der Waals surface area contributed by atoms with Gasteiger partial charge in [-0.2, -0.15) is 0 Å². The van der Waals surface area contributed by atoms with Crippen LogP contribution in [-0.4, -0.2) is 0 Å². The fraction of sp³-hybridized carbons (Fsp3) is 0.692. The summed E-state index contributed by atoms with van der Waals surface area (Å²) in [7, 11) is 0. The van der Waals surface area contributed by atoms with Crippen molar-refractivity contribution in [1.82, 2.24) is 0 Å². The molecular formula is C13H21I. The molecule has 0 saturated carbocycles. The molecule has 0 unspecified atom stereocenters. The van der Waals surface area contributed by atoms with E-state index >= 15 is 0 Å². The van der Waals surface area contributed by atoms with Crippen LogP contribution in [0.2, 0.25) is 0 Å². The molecule has 0 fully saturated rings. The van der Waals surface area contributed by atoms with Gasteiger partial charge in [0.15, 0.2) is 0 Å². The van der Waals surface area contributed by atoms with Crippen molar-refractivity contribution in [3.05, 3.63) is 9.66 Å². The van der Waals surface area contributed by atoms with E-state index in [1.54, 1.807) is 0 Å². The van der Waals surface area contributed by atoms with Crippen LogP contribution in [0.25, 0.3) is 0 Å². The van der Waals surface area contributed by atoms with Gasteiger partial charge in [0, 0.05) is 6.42 Å². The summed E-state index contributed by atoms with van der Waals surface area (Å²) in [5.74, 6) is 2.68. The maximum Gasteiger partial charge on any atom is 0.00860 e. The number of halogens is 1. The Morgan fingerprint density at radius 2 is 1.71 bits per heavy atom. The standard InChI is InChI=1S/C13H21I/c1-3-4-5-6-7-8-9-10-11-12-13(2)14/h1,12H,4-11H2,2H3/b13-12-. The summed E-state index contributed by atoms with van der Waals surface area (Å²) < 4.78 is 1.41. The van der Waals surface area contributed by atoms with E-state index < -0.39 is 0 Å². The minimum atomic E-state index is 0.955. The topological polar surface area (TPSA) is 0 Å². The van der Waals surface area contributed by atoms with Crippen LogP contribution < -0.4 is 0 Å². The lowest BCUT2D eigenvalue weighted by molar-refractivity contribution is 0.602. The molecule has 0 atom stereocenters. The van der Waals surface area contributed by atoms with Crippen molar-refractivity contribution in [2.24, 2.45) is 0 Å². The quantitative estimate of drug-likeness (QED) is 0.333. The largest absolute Gasteiger partial charge is 0.120 e. The number of hydrogen-bond acceptors (Lipinski definition) is 0. The second kappa shape index (κ2) is 11.1. The van der Waals surface area contributed by atoms with Crippen LogP contribution in [0, 0.1) is 12.3 Å². The van der Waals surface area contributed by atoms with Gasteiger partial charge in [-0.05, 0) is 52.4 Å². The Morgan fingerprint density at radius 1 is 1.14 bits per heavy atom. The molecule has 0 aromatic carbocycles. The fourth-order valence-electron chi connectivity index (χ4n) is 1.38. The van der Waals surface area contributed by atoms with Crippen LogP contribution >= 0.6 is 22.6 Å². The first-order valence-corrected chi connectivity index (χ1v) is 6.61. The Hall–Kier alpha value is 0.0300. The number of terminal acetylenes is 1. The zero-order valence-electron chi connectivity index (χ0n) is 9.19. The van der Waals surface area contributed by atoms with Gasteiger partial charge >= 0.3 is 0 Å². The summed E-state index contributed by atoms with van der Waals surface area (Å²) in [5.41, 5.74) is 0. The number of allylic oxidation sites excluding steroid dienone is 2. The third-order valence-corrected chi connectivity index (χ3v) is 2.64. The Balaban J connectivity index is 3.00. The van der Waals surface area contributed by atoms with Crippen LogP contribution in [-0.2, 0) is 0 Å². The van der Waals surface area contributed by atoms with Crippen molar-refractivity contribution in [1.29, 1.82) is 0 Å². The van der Waals surface area contributed by atoms with Crippen molar-refractivity contribution < 1.29 is 0 Å². The van der Waals surface area contributed by atoms with Crippen molar-refractivity contribution in [2.75, 3.05) is 0 Å². The van der Waals surface area contributed by atoms with Crippen LogP contribution in [0.1, 0.15) is 58.3 Å². The smallest absolute Gasteiger partial charge is 0.00860 e. The predicted octanol–water partition coefficient (Wildman–Crippen LogP) is 5.08. The summed E-state index contributed by atoms with van der Waals surface area (Å²) >= 11 is 2.37. The first kappa shape index (κ1) is 14.0. The molecule has 0 radical (unpaired) electrons. The molecule has 0 spiro atoms. The normalized spacial score (nSPS) is 11.4. The molecule has 0 heterocycles. The summed E-state index contributed by atoms with van der Waals surface area (Å²) in [6.07, 6.45) is 17.7. The molecule has 0 bridgehead atoms. The van der Waals surface area contributed by atoms with E-state index in [0.717, 1.165) is 6.42 Å². The highest BCUT2D eigenvalue weighted by Gasteiger charge is 1.90. The highest BCUT2D eigenvalue weighted by molar-refractivity contribution is 14.1. The van der Waals surface area contributed by atoms with Gasteiger partial charge in [-0.3, -0.25) is 0 Å². The SMILES string of the molecule is C#CCCCCCCCC/C=C(/C)I. The molecule has 0 aliphatic heterocycles. The predicted molar refractivity (Wildman–Crippen MR) is 73.5 cm³/mol. The summed E-state index contributed by atoms with van der Waals surface area (Å²) in [5, 5.41) is 0. The average Bonchev–Trinajstić information content (AvgIpc) is 2.15. The molecule has 0 aliphatic rings. The molecule has 14 heavy (non-hydrogen) atoms. The average molecular weight is 304 g/mol. The molecule has 0 rings (SSSR count). The maximum atomic E-state index is 5.18. The molecule has 0 N–H and O–H groups in total. The number of rotatable bonds is 8. The van der Waals surface area contributed by atoms with Crippen molar-refractivity contribution in [2.45, 2.75) is 58.3 Å². The van der Waals surface area contributed by atoms with Gasteiger partial charge in [0.25, 0.3) is 0 Å². The van der Waals surface area contributed by atoms with Crippen LogP contribution in [0.15, 0.2) is 9.66 Å². The summed E-state index contributed by atoms with van der Waals surface area (Å²) in [6.45, 7) is 2.15. The van der Waals surface area contributed by atoms with Gasteiger partial charge in [0.1, 0.15) is 0 Å². The number of hydrogen-bond donors (Lipinski definition) is 0. The van der Waals surface area contributed by atoms with E-state index in [9.17, 15) is 0 Å². The maximum absolute atomic E-state index is 5.18. The van der Waals surface area contributed by atoms with Gasteiger partial charge < -0.3 is 0 Å². The number of unbranched alkanes of at least 4 members (excludes halogenated alkanes) is 7. The van der Waals surface area contributed by atoms with Crippen molar-refractivity contribution >= 4 is 22.6 Å². The van der Waals surface area contributed by atoms with E-state index in [4.69, 9.17) is 6.42 Å². The third-order valence-electron chi connectivity index (χ3n) is 2.20. The van der Waals surface area contributed by atoms with Crippen LogP contribution in [0.5, 0.6) is 0 Å². The molecule has 1 heteroatoms. The first-order chi connectivity index (χ1) is 6.77. The molecule has 0 nitrogen and oxygen atoms in total. The van der Waals surface area contributed by atoms with Gasteiger partial charge in [0.2, 0.25) is 0 Å². The molecule has 0 aliphatic carbocycles. The van der Waals surface area contributed by atoms with Gasteiger partial charge in [-0.25, -0.2) is 0 Å². The Bertz CT molecular complexity index is 182. The second-order valence-electron chi connectivity index (χ2n) is 3.66. The highest BCUT2D eigenvalue weighted by Crippen LogP contribution is 2.11. The van der Waals surface area contributed by atoms with Gasteiger partial charge in [-0.15, -0.1) is 12.3 Å². The molecule has 0 amide bonds. The minimum absolute atomic E-state index is 0.955. The second-order valence-corrected chi connectivity index (χ2v) is 5.36. The van der Waals surface area contributed by atoms with Crippen molar-refractivity contribution in [3.63, 3.8) is 0 Å². The third kappa shape index (κ3) is 12.0. The zero-order valence-corrected chi connectivity index (χ0v) is 11.3. The minimum Gasteiger partial charge on any atom is -0.120 e. The van der Waals surface area contributed by atoms with Crippen molar-refractivity contribution in [3.8, 4) is 12.3 Å². The lowest BCUT2D eigenvalue weighted by atomic mass is 10.1. The van der Waals surface area contributed by atoms with E-state index in [1.807, 2.05) is 0 Å². The van der Waals surface area contributed by atoms with E-state index in [-0.39, 0.29) is 0 Å². The monoisotopic (exact) mass is 304 g/mol. The Morgan fingerprint density at radius 3 is 2.29 bits per heavy atom. The van der Waals surface area contributed by atoms with E-state index in [2.05, 4.69) is 41.5 Å². The molecule has 80 valence electrons. The summed E-state index contributed by atoms with van der Waals surface area (Å²) in [6, 6.07) is 0. The van der Waals surface area contributed by atoms with Gasteiger partial charge in [0.05, 0.1) is 0 Å². The summed E-state index contributed by atoms with van der Waals surface area (Å²) in [4.78, 5) is 0. The van der Waals surface area contributed by atoms with Gasteiger partial charge in [-0.1, -0.05) is 31.8 Å². The van der Waals surface area contributed by atoms with E-state index in [1.165, 1.54) is 48.5 Å². The molecule has 0 saturated heterocycles. The highest BCUT2D eigenvalue weighted by atomic mass is 127. The van der Waals surface area contributed by atoms with Crippen LogP contribution in [0.3, 0.4) is 0 Å². The first-order valence-electron chi connectivity index (χ1n) is 5.53. The molecular weight excluding hydrogens is 283 g/mol. The molecule has 0 aromatic heterocycles. The zero-order chi connectivity index (χ0) is 10.6. The molecule has 0 aromatic rings. The lowest BCUT2D eigenvalue weighted by Crippen LogP contribution is -1.79. The Labute approximate surface area is 103 Å². The fourth-order valence-corrected chi connectivity index (χ4v) is 1.69. The lowest BCUT2D eigenvalue weighted by Gasteiger charge is -1.98.